The van der Waals surface area contributed by atoms with E-state index in [2.05, 4.69) is 31.9 Å². The van der Waals surface area contributed by atoms with Crippen LogP contribution < -0.4 is 51.8 Å². The zero-order valence-electron chi connectivity index (χ0n) is 56.1. The standard InChI is InChI=1S/C68H78Cl2N8O25/c1-25(2)14-37(78(5,6)7)60(89)76-51-53(84)28-9-12-40(34(69)16-28)99-42-18-30-19-43(57(42)103-67-58(56(87)55(86)44(24-79)101-67)102-46-23-68(4,71)59(88)26(3)98-46)100-41-13-10-29(17-35(41)70)54(85)52-64(93)75-50(66(96)97)33-20-31(80)21-39(82)47(33)32-15-27(8-11-38(32)81)48(61(90)77-52)74-62(91)49(30)73-45(83)22-36(65(94)95)72-63(51)92/h8-13,15-21,25-26,36-37,44,46,48-56,58-59,67,79,84-88H,14,22-24,71H2,1-7H3,(H10-,72,73,74,75,76,77,80,81,82,83,89,90,91,92,93,94,95,96,97)/p+1. The molecule has 6 amide bonds. The summed E-state index contributed by atoms with van der Waals surface area (Å²) in [5, 5.41) is 138. The fourth-order valence-corrected chi connectivity index (χ4v) is 13.3. The number of fused-ring (bicyclic) bond motifs is 16. The zero-order valence-corrected chi connectivity index (χ0v) is 57.7. The number of nitrogens with one attached hydrogen (secondary N) is 6. The molecule has 0 radical (unpaired) electrons. The Morgan fingerprint density at radius 3 is 1.87 bits per heavy atom. The Labute approximate surface area is 596 Å². The van der Waals surface area contributed by atoms with Crippen molar-refractivity contribution in [3.63, 3.8) is 0 Å². The van der Waals surface area contributed by atoms with Gasteiger partial charge in [-0.25, -0.2) is 9.59 Å². The Morgan fingerprint density at radius 2 is 1.30 bits per heavy atom. The van der Waals surface area contributed by atoms with E-state index < -0.39 is 242 Å². The third kappa shape index (κ3) is 16.3. The molecule has 5 aromatic carbocycles. The van der Waals surface area contributed by atoms with E-state index in [1.54, 1.807) is 21.1 Å². The van der Waals surface area contributed by atoms with Gasteiger partial charge in [-0.15, -0.1) is 0 Å². The summed E-state index contributed by atoms with van der Waals surface area (Å²) in [5.41, 5.74) is 2.23. The van der Waals surface area contributed by atoms with Crippen molar-refractivity contribution in [2.45, 2.75) is 156 Å². The number of carbonyl (C=O) groups is 8. The van der Waals surface area contributed by atoms with Gasteiger partial charge < -0.3 is 127 Å². The summed E-state index contributed by atoms with van der Waals surface area (Å²) in [6.07, 6.45) is -18.8. The maximum absolute atomic E-state index is 15.9. The van der Waals surface area contributed by atoms with Crippen molar-refractivity contribution in [3.8, 4) is 57.1 Å². The van der Waals surface area contributed by atoms with Crippen LogP contribution in [0.15, 0.2) is 78.9 Å². The second-order valence-corrected chi connectivity index (χ2v) is 28.3. The lowest BCUT2D eigenvalue weighted by Gasteiger charge is -2.47. The summed E-state index contributed by atoms with van der Waals surface area (Å²) < 4.78 is 38.3. The van der Waals surface area contributed by atoms with Gasteiger partial charge >= 0.3 is 11.9 Å². The maximum Gasteiger partial charge on any atom is 0.330 e. The Hall–Kier alpha value is -9.20. The molecule has 2 fully saturated rings. The van der Waals surface area contributed by atoms with E-state index in [0.29, 0.717) is 0 Å². The molecule has 33 nitrogen and oxygen atoms in total. The molecule has 0 spiro atoms. The molecule has 7 heterocycles. The van der Waals surface area contributed by atoms with Gasteiger partial charge in [-0.1, -0.05) is 55.2 Å². The number of rotatable bonds is 12. The van der Waals surface area contributed by atoms with Crippen molar-refractivity contribution in [2.24, 2.45) is 11.7 Å². The largest absolute Gasteiger partial charge is 0.508 e. The first-order valence-electron chi connectivity index (χ1n) is 32.4. The molecule has 18 atom stereocenters. The minimum Gasteiger partial charge on any atom is -0.508 e. The third-order valence-electron chi connectivity index (χ3n) is 18.3. The van der Waals surface area contributed by atoms with Crippen LogP contribution in [0.1, 0.15) is 105 Å². The van der Waals surface area contributed by atoms with Crippen LogP contribution in [0.2, 0.25) is 10.0 Å². The Balaban J connectivity index is 1.23. The number of aliphatic carboxylic acids is 2. The summed E-state index contributed by atoms with van der Waals surface area (Å²) in [6.45, 7) is 5.71. The first-order chi connectivity index (χ1) is 48.3. The number of aliphatic hydroxyl groups excluding tert-OH is 6. The monoisotopic (exact) mass is 1480 g/mol. The Kier molecular flexibility index (Phi) is 22.4. The van der Waals surface area contributed by atoms with Gasteiger partial charge in [0.15, 0.2) is 36.0 Å². The van der Waals surface area contributed by atoms with Gasteiger partial charge in [-0.3, -0.25) is 28.8 Å². The van der Waals surface area contributed by atoms with Gasteiger partial charge in [0.2, 0.25) is 41.6 Å². The van der Waals surface area contributed by atoms with Crippen LogP contribution in [-0.2, 0) is 52.6 Å². The highest BCUT2D eigenvalue weighted by Gasteiger charge is 2.52. The van der Waals surface area contributed by atoms with Crippen LogP contribution in [0, 0.1) is 5.92 Å². The van der Waals surface area contributed by atoms with Gasteiger partial charge in [-0.05, 0) is 96.6 Å². The number of quaternary nitrogens is 1. The zero-order chi connectivity index (χ0) is 75.3. The fourth-order valence-electron chi connectivity index (χ4n) is 12.8. The molecule has 0 aliphatic carbocycles. The molecule has 7 aliphatic rings. The molecule has 19 N–H and O–H groups in total. The van der Waals surface area contributed by atoms with Crippen LogP contribution in [0.5, 0.6) is 46.0 Å². The number of nitrogens with zero attached hydrogens (tertiary/aromatic N) is 1. The molecular formula is C68H79Cl2N8O25+. The molecule has 7 aliphatic heterocycles. The van der Waals surface area contributed by atoms with Crippen LogP contribution in [0.3, 0.4) is 0 Å². The van der Waals surface area contributed by atoms with Crippen molar-refractivity contribution in [3.05, 3.63) is 117 Å². The summed E-state index contributed by atoms with van der Waals surface area (Å²) in [7, 11) is 5.14. The molecule has 11 bridgehead atoms. The highest BCUT2D eigenvalue weighted by molar-refractivity contribution is 6.32. The number of carboxylic acid groups (broad SMARTS) is 2. The number of nitrogens with two attached hydrogens (primary N) is 1. The molecule has 12 rings (SSSR count). The summed E-state index contributed by atoms with van der Waals surface area (Å²) in [4.78, 5) is 117. The van der Waals surface area contributed by atoms with Crippen LogP contribution in [0.4, 0.5) is 0 Å². The first kappa shape index (κ1) is 76.4. The van der Waals surface area contributed by atoms with E-state index in [1.165, 1.54) is 26.0 Å². The topological polar surface area (TPSA) is 513 Å². The van der Waals surface area contributed by atoms with Crippen LogP contribution >= 0.6 is 23.2 Å². The number of hydrogen-bond donors (Lipinski definition) is 18. The number of halogens is 2. The number of aromatic hydroxyl groups is 3. The third-order valence-corrected chi connectivity index (χ3v) is 18.9. The number of phenolic OH excluding ortho intramolecular Hbond substituents is 3. The number of benzene rings is 5. The van der Waals surface area contributed by atoms with Gasteiger partial charge in [-0.2, -0.15) is 0 Å². The lowest BCUT2D eigenvalue weighted by molar-refractivity contribution is -0.887. The average Bonchev–Trinajstić information content (AvgIpc) is 0.893. The minimum absolute atomic E-state index is 0.0119. The quantitative estimate of drug-likeness (QED) is 0.0780. The van der Waals surface area contributed by atoms with Crippen LogP contribution in [0.25, 0.3) is 11.1 Å². The molecule has 554 valence electrons. The molecule has 0 saturated carbocycles. The average molecular weight is 1480 g/mol. The number of hydrogen-bond acceptors (Lipinski definition) is 24. The number of carboxylic acids is 2. The van der Waals surface area contributed by atoms with E-state index in [-0.39, 0.29) is 45.7 Å². The summed E-state index contributed by atoms with van der Waals surface area (Å²) in [5.74, 6) is -16.6. The van der Waals surface area contributed by atoms with Gasteiger partial charge in [0, 0.05) is 41.1 Å². The number of phenols is 3. The van der Waals surface area contributed by atoms with E-state index in [0.717, 1.165) is 66.7 Å². The first-order valence-corrected chi connectivity index (χ1v) is 33.1. The minimum atomic E-state index is -2.32. The highest BCUT2D eigenvalue weighted by Crippen LogP contribution is 2.50. The second-order valence-electron chi connectivity index (χ2n) is 27.4. The summed E-state index contributed by atoms with van der Waals surface area (Å²) >= 11 is 14.1. The molecule has 18 unspecified atom stereocenters. The van der Waals surface area contributed by atoms with Crippen molar-refractivity contribution >= 4 is 70.6 Å². The van der Waals surface area contributed by atoms with Crippen molar-refractivity contribution in [1.29, 1.82) is 0 Å². The number of likely N-dealkylation sites (N-methyl/N-ethyl adjacent to an activating group) is 1. The number of carbonyl (C=O) groups excluding carboxylic acids is 6. The molecule has 2 saturated heterocycles. The predicted molar refractivity (Wildman–Crippen MR) is 357 cm³/mol. The lowest BCUT2D eigenvalue weighted by Crippen LogP contribution is -2.64. The lowest BCUT2D eigenvalue weighted by atomic mass is 9.86. The number of amides is 6. The number of ether oxygens (including phenoxy) is 6. The molecule has 35 heteroatoms. The summed E-state index contributed by atoms with van der Waals surface area (Å²) in [6, 6.07) is -0.762. The van der Waals surface area contributed by atoms with E-state index in [9.17, 15) is 84.9 Å². The number of aliphatic hydroxyl groups is 6. The molecule has 103 heavy (non-hydrogen) atoms. The van der Waals surface area contributed by atoms with E-state index in [4.69, 9.17) is 57.4 Å². The molecule has 0 aromatic heterocycles. The smallest absolute Gasteiger partial charge is 0.330 e. The van der Waals surface area contributed by atoms with Gasteiger partial charge in [0.25, 0.3) is 5.91 Å². The highest BCUT2D eigenvalue weighted by atomic mass is 35.5. The molecular weight excluding hydrogens is 1400 g/mol. The second kappa shape index (κ2) is 30.2. The molecule has 5 aromatic rings. The van der Waals surface area contributed by atoms with E-state index in [1.807, 2.05) is 13.8 Å². The predicted octanol–water partition coefficient (Wildman–Crippen LogP) is 1.19. The van der Waals surface area contributed by atoms with Crippen molar-refractivity contribution in [1.82, 2.24) is 31.9 Å². The Morgan fingerprint density at radius 1 is 0.699 bits per heavy atom. The normalized spacial score (nSPS) is 29.4. The SMILES string of the molecule is CC(C)CC(C(=O)NC1C(=O)NC(C(=O)O)CC(=O)NC2C(=O)NC3C(=O)NC(C(=O)NC(C(=O)O)c4cc(O)cc(O)c4-c4cc3ccc4O)C(O)c3ccc(c(Cl)c3)Oc3cc2cc(c3OC2OC(CO)C(O)C(O)C2OC2CC(C)(N)C(O)C(C)O2)Oc2ccc(cc2Cl)C1O)[N+](C)(C)C. The van der Waals surface area contributed by atoms with Gasteiger partial charge in [0.1, 0.15) is 89.5 Å². The van der Waals surface area contributed by atoms with Crippen molar-refractivity contribution in [2.75, 3.05) is 27.7 Å². The maximum atomic E-state index is 15.9. The van der Waals surface area contributed by atoms with Crippen LogP contribution in [-0.4, -0.2) is 215 Å². The van der Waals surface area contributed by atoms with Gasteiger partial charge in [0.05, 0.1) is 56.4 Å². The van der Waals surface area contributed by atoms with Crippen molar-refractivity contribution < 1.29 is 127 Å². The Bertz CT molecular complexity index is 4160. The van der Waals surface area contributed by atoms with E-state index >= 15 is 9.59 Å². The fraction of sp³-hybridized carbons (Fsp3) is 0.441.